The van der Waals surface area contributed by atoms with E-state index < -0.39 is 11.1 Å². The third kappa shape index (κ3) is 5.03. The molecule has 1 aromatic carbocycles. The maximum atomic E-state index is 12.5. The Morgan fingerprint density at radius 1 is 0.963 bits per heavy atom. The van der Waals surface area contributed by atoms with Gasteiger partial charge in [-0.1, -0.05) is 70.9 Å². The van der Waals surface area contributed by atoms with Crippen molar-refractivity contribution in [3.05, 3.63) is 28.8 Å². The zero-order valence-electron chi connectivity index (χ0n) is 17.3. The molecular weight excluding hydrogens is 352 g/mol. The van der Waals surface area contributed by atoms with Crippen molar-refractivity contribution in [3.63, 3.8) is 0 Å². The smallest absolute Gasteiger partial charge is 0.187 e. The summed E-state index contributed by atoms with van der Waals surface area (Å²) in [6.07, 6.45) is 16.1. The van der Waals surface area contributed by atoms with Crippen molar-refractivity contribution in [1.82, 2.24) is 0 Å². The van der Waals surface area contributed by atoms with Gasteiger partial charge in [-0.2, -0.15) is 0 Å². The Bertz CT molecular complexity index is 602. The Hall–Kier alpha value is -0.670. The summed E-state index contributed by atoms with van der Waals surface area (Å²) >= 11 is -1.89. The zero-order chi connectivity index (χ0) is 19.2. The maximum Gasteiger partial charge on any atom is 0.187 e. The fourth-order valence-corrected chi connectivity index (χ4v) is 6.37. The van der Waals surface area contributed by atoms with E-state index in [0.29, 0.717) is 17.8 Å². The molecule has 2 saturated carbocycles. The van der Waals surface area contributed by atoms with Gasteiger partial charge in [0.25, 0.3) is 0 Å². The van der Waals surface area contributed by atoms with E-state index in [2.05, 4.69) is 26.0 Å². The van der Waals surface area contributed by atoms with Crippen molar-refractivity contribution >= 4 is 11.1 Å². The second-order valence-corrected chi connectivity index (χ2v) is 9.75. The van der Waals surface area contributed by atoms with E-state index in [-0.39, 0.29) is 0 Å². The zero-order valence-corrected chi connectivity index (χ0v) is 18.2. The van der Waals surface area contributed by atoms with Crippen LogP contribution in [-0.2, 0) is 11.1 Å². The SMILES string of the molecule is CCCC(CC)c1cc(C2CCCCC2)cc(C2CCCCC2)c1S(=O)O. The first kappa shape index (κ1) is 21.0. The molecular formula is C24H38O2S. The number of benzene rings is 1. The predicted octanol–water partition coefficient (Wildman–Crippen LogP) is 7.66. The summed E-state index contributed by atoms with van der Waals surface area (Å²) in [4.78, 5) is 0.779. The molecule has 3 heteroatoms. The van der Waals surface area contributed by atoms with E-state index in [4.69, 9.17) is 0 Å². The minimum atomic E-state index is -1.89. The molecule has 1 N–H and O–H groups in total. The van der Waals surface area contributed by atoms with Gasteiger partial charge in [-0.3, -0.25) is 0 Å². The van der Waals surface area contributed by atoms with Gasteiger partial charge in [-0.25, -0.2) is 4.21 Å². The second-order valence-electron chi connectivity index (χ2n) is 8.84. The molecule has 0 aromatic heterocycles. The summed E-state index contributed by atoms with van der Waals surface area (Å²) in [6.45, 7) is 4.46. The molecule has 2 aliphatic rings. The molecule has 2 unspecified atom stereocenters. The molecule has 0 aliphatic heterocycles. The normalized spacial score (nSPS) is 21.9. The van der Waals surface area contributed by atoms with Crippen molar-refractivity contribution < 1.29 is 8.76 Å². The molecule has 152 valence electrons. The summed E-state index contributed by atoms with van der Waals surface area (Å²) in [6, 6.07) is 4.70. The molecule has 0 amide bonds. The minimum Gasteiger partial charge on any atom is -0.302 e. The third-order valence-corrected chi connectivity index (χ3v) is 7.86. The topological polar surface area (TPSA) is 37.3 Å². The Morgan fingerprint density at radius 2 is 1.56 bits per heavy atom. The highest BCUT2D eigenvalue weighted by molar-refractivity contribution is 7.79. The van der Waals surface area contributed by atoms with Crippen molar-refractivity contribution in [2.24, 2.45) is 0 Å². The number of hydrogen-bond donors (Lipinski definition) is 1. The van der Waals surface area contributed by atoms with Crippen LogP contribution in [0.1, 0.15) is 132 Å². The van der Waals surface area contributed by atoms with Crippen molar-refractivity contribution in [1.29, 1.82) is 0 Å². The molecule has 0 bridgehead atoms. The average Bonchev–Trinajstić information content (AvgIpc) is 2.72. The van der Waals surface area contributed by atoms with Crippen LogP contribution in [0, 0.1) is 0 Å². The lowest BCUT2D eigenvalue weighted by atomic mass is 9.77. The fraction of sp³-hybridized carbons (Fsp3) is 0.750. The van der Waals surface area contributed by atoms with Crippen LogP contribution in [-0.4, -0.2) is 8.76 Å². The summed E-state index contributed by atoms with van der Waals surface area (Å²) < 4.78 is 22.8. The van der Waals surface area contributed by atoms with Crippen LogP contribution in [0.3, 0.4) is 0 Å². The summed E-state index contributed by atoms with van der Waals surface area (Å²) in [5.41, 5.74) is 3.89. The van der Waals surface area contributed by atoms with E-state index in [0.717, 1.165) is 24.2 Å². The van der Waals surface area contributed by atoms with E-state index in [1.165, 1.54) is 80.9 Å². The first-order chi connectivity index (χ1) is 13.2. The highest BCUT2D eigenvalue weighted by atomic mass is 32.2. The summed E-state index contributed by atoms with van der Waals surface area (Å²) in [5, 5.41) is 0. The third-order valence-electron chi connectivity index (χ3n) is 7.03. The van der Waals surface area contributed by atoms with Gasteiger partial charge in [0.15, 0.2) is 11.1 Å². The van der Waals surface area contributed by atoms with Crippen molar-refractivity contribution in [3.8, 4) is 0 Å². The summed E-state index contributed by atoms with van der Waals surface area (Å²) in [5.74, 6) is 1.54. The Balaban J connectivity index is 2.10. The Morgan fingerprint density at radius 3 is 2.07 bits per heavy atom. The maximum absolute atomic E-state index is 12.5. The monoisotopic (exact) mass is 390 g/mol. The quantitative estimate of drug-likeness (QED) is 0.485. The Labute approximate surface area is 168 Å². The van der Waals surface area contributed by atoms with Gasteiger partial charge < -0.3 is 4.55 Å². The largest absolute Gasteiger partial charge is 0.302 e. The van der Waals surface area contributed by atoms with Gasteiger partial charge >= 0.3 is 0 Å². The lowest BCUT2D eigenvalue weighted by Gasteiger charge is -2.30. The minimum absolute atomic E-state index is 0.409. The predicted molar refractivity (Wildman–Crippen MR) is 115 cm³/mol. The molecule has 2 aliphatic carbocycles. The molecule has 0 heterocycles. The van der Waals surface area contributed by atoms with E-state index in [1.54, 1.807) is 0 Å². The molecule has 27 heavy (non-hydrogen) atoms. The highest BCUT2D eigenvalue weighted by Crippen LogP contribution is 2.43. The lowest BCUT2D eigenvalue weighted by Crippen LogP contribution is -2.15. The fourth-order valence-electron chi connectivity index (χ4n) is 5.52. The molecule has 2 fully saturated rings. The van der Waals surface area contributed by atoms with E-state index >= 15 is 0 Å². The van der Waals surface area contributed by atoms with Gasteiger partial charge in [-0.15, -0.1) is 0 Å². The van der Waals surface area contributed by atoms with Crippen LogP contribution in [0.25, 0.3) is 0 Å². The van der Waals surface area contributed by atoms with E-state index in [9.17, 15) is 8.76 Å². The van der Waals surface area contributed by atoms with Crippen LogP contribution in [0.5, 0.6) is 0 Å². The van der Waals surface area contributed by atoms with Crippen molar-refractivity contribution in [2.45, 2.75) is 120 Å². The van der Waals surface area contributed by atoms with E-state index in [1.807, 2.05) is 0 Å². The van der Waals surface area contributed by atoms with Gasteiger partial charge in [0.1, 0.15) is 0 Å². The van der Waals surface area contributed by atoms with Gasteiger partial charge in [-0.05, 0) is 73.0 Å². The standard InChI is InChI=1S/C24H38O2S/c1-3-11-18(4-2)22-16-21(19-12-7-5-8-13-19)17-23(24(22)27(25)26)20-14-9-6-10-15-20/h16-20H,3-15H2,1-2H3,(H,25,26). The highest BCUT2D eigenvalue weighted by Gasteiger charge is 2.28. The summed E-state index contributed by atoms with van der Waals surface area (Å²) in [7, 11) is 0. The van der Waals surface area contributed by atoms with Gasteiger partial charge in [0.2, 0.25) is 0 Å². The first-order valence-electron chi connectivity index (χ1n) is 11.4. The number of rotatable bonds is 7. The van der Waals surface area contributed by atoms with Gasteiger partial charge in [0.05, 0.1) is 4.90 Å². The van der Waals surface area contributed by atoms with Gasteiger partial charge in [0, 0.05) is 0 Å². The average molecular weight is 391 g/mol. The molecule has 0 spiro atoms. The molecule has 0 radical (unpaired) electrons. The van der Waals surface area contributed by atoms with Crippen LogP contribution < -0.4 is 0 Å². The van der Waals surface area contributed by atoms with Crippen LogP contribution >= 0.6 is 0 Å². The Kier molecular flexibility index (Phi) is 7.96. The molecule has 1 aromatic rings. The van der Waals surface area contributed by atoms with Crippen LogP contribution in [0.4, 0.5) is 0 Å². The lowest BCUT2D eigenvalue weighted by molar-refractivity contribution is 0.428. The first-order valence-corrected chi connectivity index (χ1v) is 12.5. The van der Waals surface area contributed by atoms with Crippen LogP contribution in [0.15, 0.2) is 17.0 Å². The van der Waals surface area contributed by atoms with Crippen LogP contribution in [0.2, 0.25) is 0 Å². The molecule has 3 rings (SSSR count). The van der Waals surface area contributed by atoms with Crippen molar-refractivity contribution in [2.75, 3.05) is 0 Å². The molecule has 0 saturated heterocycles. The molecule has 2 atom stereocenters. The molecule has 2 nitrogen and oxygen atoms in total. The second kappa shape index (κ2) is 10.2. The number of hydrogen-bond acceptors (Lipinski definition) is 1.